The minimum absolute atomic E-state index is 0. The number of carbonyl (C=O) groups is 1. The normalized spacial score (nSPS) is 13.5. The molecule has 0 aliphatic rings. The third-order valence-electron chi connectivity index (χ3n) is 2.11. The van der Waals surface area contributed by atoms with Gasteiger partial charge in [0.1, 0.15) is 5.78 Å². The van der Waals surface area contributed by atoms with Gasteiger partial charge < -0.3 is 0 Å². The second kappa shape index (κ2) is 6.30. The average molecular weight is 216 g/mol. The van der Waals surface area contributed by atoms with Crippen molar-refractivity contribution in [1.82, 2.24) is 0 Å². The van der Waals surface area contributed by atoms with Crippen LogP contribution in [0.2, 0.25) is 0 Å². The maximum atomic E-state index is 11.8. The fraction of sp³-hybridized carbons (Fsp3) is 0.929. The van der Waals surface area contributed by atoms with Crippen LogP contribution in [-0.2, 0) is 4.79 Å². The van der Waals surface area contributed by atoms with E-state index in [1.807, 2.05) is 27.7 Å². The molecule has 0 heterocycles. The molecule has 0 aromatic rings. The van der Waals surface area contributed by atoms with Crippen molar-refractivity contribution in [1.29, 1.82) is 0 Å². The molecule has 0 aromatic carbocycles. The van der Waals surface area contributed by atoms with Crippen LogP contribution in [0.15, 0.2) is 0 Å². The Bertz CT molecular complexity index is 178. The van der Waals surface area contributed by atoms with Crippen LogP contribution in [0, 0.1) is 16.7 Å². The van der Waals surface area contributed by atoms with Crippen molar-refractivity contribution in [2.45, 2.75) is 69.7 Å². The number of carbonyl (C=O) groups excluding carboxylic acids is 1. The highest BCUT2D eigenvalue weighted by Gasteiger charge is 2.29. The summed E-state index contributed by atoms with van der Waals surface area (Å²) in [6.07, 6.45) is 0.975. The van der Waals surface area contributed by atoms with Gasteiger partial charge in [-0.1, -0.05) is 63.3 Å². The van der Waals surface area contributed by atoms with Crippen LogP contribution in [0.3, 0.4) is 0 Å². The summed E-state index contributed by atoms with van der Waals surface area (Å²) >= 11 is 0. The summed E-state index contributed by atoms with van der Waals surface area (Å²) in [4.78, 5) is 11.8. The highest BCUT2D eigenvalue weighted by Crippen LogP contribution is 2.29. The van der Waals surface area contributed by atoms with Crippen LogP contribution < -0.4 is 0 Å². The maximum absolute atomic E-state index is 11.8. The summed E-state index contributed by atoms with van der Waals surface area (Å²) in [5.41, 5.74) is 0.0605. The molecule has 0 radical (unpaired) electrons. The minimum Gasteiger partial charge on any atom is -0.299 e. The first-order chi connectivity index (χ1) is 5.54. The van der Waals surface area contributed by atoms with Gasteiger partial charge in [-0.15, -0.1) is 0 Å². The van der Waals surface area contributed by atoms with Gasteiger partial charge in [-0.05, 0) is 11.8 Å². The Labute approximate surface area is 97.7 Å². The molecule has 0 N–H and O–H groups in total. The van der Waals surface area contributed by atoms with Gasteiger partial charge >= 0.3 is 0 Å². The predicted molar refractivity (Wildman–Crippen MR) is 71.2 cm³/mol. The van der Waals surface area contributed by atoms with Crippen molar-refractivity contribution in [3.63, 3.8) is 0 Å². The second-order valence-electron chi connectivity index (χ2n) is 6.28. The number of rotatable bonds is 2. The van der Waals surface area contributed by atoms with E-state index in [0.29, 0.717) is 5.78 Å². The fourth-order valence-corrected chi connectivity index (χ4v) is 1.75. The number of hydrogen-bond acceptors (Lipinski definition) is 1. The highest BCUT2D eigenvalue weighted by molar-refractivity contribution is 5.85. The highest BCUT2D eigenvalue weighted by atomic mass is 16.1. The van der Waals surface area contributed by atoms with Gasteiger partial charge in [-0.2, -0.15) is 0 Å². The first-order valence-corrected chi connectivity index (χ1v) is 5.08. The maximum Gasteiger partial charge on any atom is 0.141 e. The first-order valence-electron chi connectivity index (χ1n) is 5.08. The zero-order valence-corrected chi connectivity index (χ0v) is 10.2. The molecule has 15 heavy (non-hydrogen) atoms. The van der Waals surface area contributed by atoms with Gasteiger partial charge in [0, 0.05) is 11.3 Å². The standard InChI is InChI=1S/C12H24O.2CH4/c1-9(8-11(2,3)4)10(13)12(5,6)7;;/h9H,8H2,1-7H3;2*1H4. The summed E-state index contributed by atoms with van der Waals surface area (Å²) < 4.78 is 0. The van der Waals surface area contributed by atoms with Crippen LogP contribution in [0.1, 0.15) is 69.7 Å². The lowest BCUT2D eigenvalue weighted by Gasteiger charge is -2.27. The van der Waals surface area contributed by atoms with Gasteiger partial charge in [0.15, 0.2) is 0 Å². The Morgan fingerprint density at radius 1 is 1.00 bits per heavy atom. The van der Waals surface area contributed by atoms with Crippen molar-refractivity contribution >= 4 is 5.78 Å². The van der Waals surface area contributed by atoms with Crippen molar-refractivity contribution in [2.24, 2.45) is 16.7 Å². The first kappa shape index (κ1) is 20.1. The van der Waals surface area contributed by atoms with Gasteiger partial charge in [0.2, 0.25) is 0 Å². The average Bonchev–Trinajstić information content (AvgIpc) is 1.79. The molecule has 0 saturated carbocycles. The van der Waals surface area contributed by atoms with Crippen LogP contribution in [0.25, 0.3) is 0 Å². The lowest BCUT2D eigenvalue weighted by Crippen LogP contribution is -2.29. The molecule has 1 heteroatoms. The van der Waals surface area contributed by atoms with Crippen LogP contribution >= 0.6 is 0 Å². The van der Waals surface area contributed by atoms with Crippen molar-refractivity contribution in [2.75, 3.05) is 0 Å². The Morgan fingerprint density at radius 3 is 1.53 bits per heavy atom. The minimum atomic E-state index is -0.190. The smallest absolute Gasteiger partial charge is 0.141 e. The Balaban J connectivity index is -0.000000720. The molecule has 94 valence electrons. The van der Waals surface area contributed by atoms with Crippen LogP contribution in [0.4, 0.5) is 0 Å². The molecular formula is C14H32O. The Hall–Kier alpha value is -0.330. The summed E-state index contributed by atoms with van der Waals surface area (Å²) in [5.74, 6) is 0.558. The van der Waals surface area contributed by atoms with E-state index in [1.54, 1.807) is 0 Å². The van der Waals surface area contributed by atoms with E-state index >= 15 is 0 Å². The summed E-state index contributed by atoms with van der Waals surface area (Å²) in [6, 6.07) is 0. The largest absolute Gasteiger partial charge is 0.299 e. The van der Waals surface area contributed by atoms with E-state index in [9.17, 15) is 4.79 Å². The van der Waals surface area contributed by atoms with E-state index in [1.165, 1.54) is 0 Å². The number of ketones is 1. The van der Waals surface area contributed by atoms with Gasteiger partial charge in [0.25, 0.3) is 0 Å². The molecule has 0 rings (SSSR count). The molecule has 0 saturated heterocycles. The second-order valence-corrected chi connectivity index (χ2v) is 6.28. The van der Waals surface area contributed by atoms with Gasteiger partial charge in [0.05, 0.1) is 0 Å². The molecular weight excluding hydrogens is 184 g/mol. The SMILES string of the molecule is C.C.CC(CC(C)(C)C)C(=O)C(C)(C)C. The quantitative estimate of drug-likeness (QED) is 0.638. The van der Waals surface area contributed by atoms with E-state index in [0.717, 1.165) is 6.42 Å². The molecule has 0 aliphatic carbocycles. The monoisotopic (exact) mass is 216 g/mol. The van der Waals surface area contributed by atoms with Crippen molar-refractivity contribution in [3.8, 4) is 0 Å². The molecule has 1 unspecified atom stereocenters. The molecule has 1 atom stereocenters. The molecule has 0 spiro atoms. The third-order valence-corrected chi connectivity index (χ3v) is 2.11. The van der Waals surface area contributed by atoms with Gasteiger partial charge in [-0.3, -0.25) is 4.79 Å². The van der Waals surface area contributed by atoms with Crippen LogP contribution in [0.5, 0.6) is 0 Å². The Morgan fingerprint density at radius 2 is 1.33 bits per heavy atom. The summed E-state index contributed by atoms with van der Waals surface area (Å²) in [6.45, 7) is 14.6. The molecule has 0 aliphatic heterocycles. The molecule has 0 fully saturated rings. The topological polar surface area (TPSA) is 17.1 Å². The molecule has 1 nitrogen and oxygen atoms in total. The van der Waals surface area contributed by atoms with Gasteiger partial charge in [-0.25, -0.2) is 0 Å². The lowest BCUT2D eigenvalue weighted by atomic mass is 9.77. The van der Waals surface area contributed by atoms with Crippen molar-refractivity contribution in [3.05, 3.63) is 0 Å². The van der Waals surface area contributed by atoms with Crippen LogP contribution in [-0.4, -0.2) is 5.78 Å². The third kappa shape index (κ3) is 8.65. The summed E-state index contributed by atoms with van der Waals surface area (Å²) in [7, 11) is 0. The fourth-order valence-electron chi connectivity index (χ4n) is 1.75. The molecule has 0 amide bonds. The summed E-state index contributed by atoms with van der Waals surface area (Å²) in [5, 5.41) is 0. The van der Waals surface area contributed by atoms with E-state index in [4.69, 9.17) is 0 Å². The number of Topliss-reactive ketones (excluding diaryl/α,β-unsaturated/α-hetero) is 1. The molecule has 0 aromatic heterocycles. The predicted octanol–water partition coefficient (Wildman–Crippen LogP) is 4.95. The zero-order chi connectivity index (χ0) is 10.9. The zero-order valence-electron chi connectivity index (χ0n) is 10.2. The Kier molecular flexibility index (Phi) is 8.45. The number of hydrogen-bond donors (Lipinski definition) is 0. The van der Waals surface area contributed by atoms with E-state index in [2.05, 4.69) is 20.8 Å². The van der Waals surface area contributed by atoms with E-state index in [-0.39, 0.29) is 31.6 Å². The molecule has 0 bridgehead atoms. The van der Waals surface area contributed by atoms with E-state index < -0.39 is 0 Å². The van der Waals surface area contributed by atoms with Crippen molar-refractivity contribution < 1.29 is 4.79 Å². The lowest BCUT2D eigenvalue weighted by molar-refractivity contribution is -0.130.